The van der Waals surface area contributed by atoms with E-state index in [1.54, 1.807) is 0 Å². The van der Waals surface area contributed by atoms with Gasteiger partial charge in [0.2, 0.25) is 0 Å². The number of hydrogen-bond donors (Lipinski definition) is 1. The van der Waals surface area contributed by atoms with Crippen LogP contribution in [0.5, 0.6) is 0 Å². The molecule has 1 unspecified atom stereocenters. The first-order chi connectivity index (χ1) is 8.78. The van der Waals surface area contributed by atoms with Crippen LogP contribution in [0.2, 0.25) is 0 Å². The molecule has 0 rings (SSSR count). The first-order valence-corrected chi connectivity index (χ1v) is 8.51. The van der Waals surface area contributed by atoms with Crippen molar-refractivity contribution in [1.29, 1.82) is 0 Å². The molecule has 0 aliphatic rings. The molecule has 0 bridgehead atoms. The van der Waals surface area contributed by atoms with Crippen LogP contribution in [-0.2, 0) is 0 Å². The molecule has 1 nitrogen and oxygen atoms in total. The quantitative estimate of drug-likeness (QED) is 0.426. The molecule has 0 spiro atoms. The maximum atomic E-state index is 3.68. The highest BCUT2D eigenvalue weighted by Gasteiger charge is 2.12. The third kappa shape index (κ3) is 9.94. The molecule has 0 heterocycles. The number of nitrogens with one attached hydrogen (secondary N) is 1. The fourth-order valence-electron chi connectivity index (χ4n) is 2.79. The number of unbranched alkanes of at least 4 members (excludes halogenated alkanes) is 5. The second-order valence-corrected chi connectivity index (χ2v) is 5.73. The highest BCUT2D eigenvalue weighted by molar-refractivity contribution is 4.70. The summed E-state index contributed by atoms with van der Waals surface area (Å²) in [5.41, 5.74) is 0. The molecule has 0 saturated heterocycles. The van der Waals surface area contributed by atoms with E-state index in [9.17, 15) is 0 Å². The van der Waals surface area contributed by atoms with E-state index >= 15 is 0 Å². The Kier molecular flexibility index (Phi) is 13.4. The molecule has 18 heavy (non-hydrogen) atoms. The first kappa shape index (κ1) is 18.0. The Labute approximate surface area is 116 Å². The zero-order valence-electron chi connectivity index (χ0n) is 13.4. The molecule has 1 heteroatoms. The number of rotatable bonds is 13. The SMILES string of the molecule is CCCCCCCCC(CC(CC)CC)NCC. The lowest BCUT2D eigenvalue weighted by molar-refractivity contribution is 0.347. The molecule has 0 fully saturated rings. The summed E-state index contributed by atoms with van der Waals surface area (Å²) in [6.45, 7) is 10.3. The molecule has 1 atom stereocenters. The van der Waals surface area contributed by atoms with E-state index in [4.69, 9.17) is 0 Å². The smallest absolute Gasteiger partial charge is 0.00695 e. The highest BCUT2D eigenvalue weighted by Crippen LogP contribution is 2.18. The fourth-order valence-corrected chi connectivity index (χ4v) is 2.79. The lowest BCUT2D eigenvalue weighted by atomic mass is 9.92. The minimum absolute atomic E-state index is 0.770. The Balaban J connectivity index is 3.68. The van der Waals surface area contributed by atoms with Gasteiger partial charge in [-0.1, -0.05) is 79.1 Å². The van der Waals surface area contributed by atoms with Gasteiger partial charge in [-0.3, -0.25) is 0 Å². The van der Waals surface area contributed by atoms with Crippen molar-refractivity contribution in [2.75, 3.05) is 6.54 Å². The summed E-state index contributed by atoms with van der Waals surface area (Å²) in [5.74, 6) is 0.925. The van der Waals surface area contributed by atoms with Crippen LogP contribution in [0.25, 0.3) is 0 Å². The molecule has 0 aliphatic heterocycles. The first-order valence-electron chi connectivity index (χ1n) is 8.51. The Morgan fingerprint density at radius 3 is 1.94 bits per heavy atom. The largest absolute Gasteiger partial charge is 0.314 e. The standard InChI is InChI=1S/C17H37N/c1-5-9-10-11-12-13-14-17(18-8-4)15-16(6-2)7-3/h16-18H,5-15H2,1-4H3. The summed E-state index contributed by atoms with van der Waals surface area (Å²) >= 11 is 0. The fraction of sp³-hybridized carbons (Fsp3) is 1.00. The minimum atomic E-state index is 0.770. The maximum absolute atomic E-state index is 3.68. The van der Waals surface area contributed by atoms with Gasteiger partial charge in [-0.25, -0.2) is 0 Å². The van der Waals surface area contributed by atoms with Gasteiger partial charge in [-0.15, -0.1) is 0 Å². The summed E-state index contributed by atoms with van der Waals surface area (Å²) in [4.78, 5) is 0. The summed E-state index contributed by atoms with van der Waals surface area (Å²) in [7, 11) is 0. The third-order valence-electron chi connectivity index (χ3n) is 4.17. The van der Waals surface area contributed by atoms with Crippen molar-refractivity contribution in [2.24, 2.45) is 5.92 Å². The molecule has 110 valence electrons. The van der Waals surface area contributed by atoms with Crippen LogP contribution in [0.15, 0.2) is 0 Å². The molecule has 0 aromatic rings. The van der Waals surface area contributed by atoms with Crippen LogP contribution in [0.4, 0.5) is 0 Å². The van der Waals surface area contributed by atoms with Gasteiger partial charge in [0, 0.05) is 6.04 Å². The van der Waals surface area contributed by atoms with Gasteiger partial charge in [0.25, 0.3) is 0 Å². The number of hydrogen-bond acceptors (Lipinski definition) is 1. The zero-order valence-corrected chi connectivity index (χ0v) is 13.4. The van der Waals surface area contributed by atoms with Crippen molar-refractivity contribution in [1.82, 2.24) is 5.32 Å². The second kappa shape index (κ2) is 13.4. The zero-order chi connectivity index (χ0) is 13.6. The van der Waals surface area contributed by atoms with Crippen LogP contribution in [0.3, 0.4) is 0 Å². The van der Waals surface area contributed by atoms with Gasteiger partial charge >= 0.3 is 0 Å². The van der Waals surface area contributed by atoms with E-state index in [0.717, 1.165) is 18.5 Å². The van der Waals surface area contributed by atoms with E-state index in [2.05, 4.69) is 33.0 Å². The van der Waals surface area contributed by atoms with E-state index in [1.807, 2.05) is 0 Å². The van der Waals surface area contributed by atoms with E-state index < -0.39 is 0 Å². The lowest BCUT2D eigenvalue weighted by Gasteiger charge is -2.22. The minimum Gasteiger partial charge on any atom is -0.314 e. The second-order valence-electron chi connectivity index (χ2n) is 5.73. The molecule has 0 aromatic heterocycles. The van der Waals surface area contributed by atoms with Gasteiger partial charge in [0.05, 0.1) is 0 Å². The summed E-state index contributed by atoms with van der Waals surface area (Å²) < 4.78 is 0. The molecule has 0 aliphatic carbocycles. The molecule has 0 aromatic carbocycles. The van der Waals surface area contributed by atoms with Crippen LogP contribution < -0.4 is 5.32 Å². The van der Waals surface area contributed by atoms with Crippen molar-refractivity contribution in [3.8, 4) is 0 Å². The van der Waals surface area contributed by atoms with Gasteiger partial charge in [-0.05, 0) is 25.3 Å². The van der Waals surface area contributed by atoms with Crippen LogP contribution >= 0.6 is 0 Å². The van der Waals surface area contributed by atoms with Gasteiger partial charge in [0.15, 0.2) is 0 Å². The normalized spacial score (nSPS) is 13.2. The summed E-state index contributed by atoms with van der Waals surface area (Å²) in [5, 5.41) is 3.68. The molecular weight excluding hydrogens is 218 g/mol. The monoisotopic (exact) mass is 255 g/mol. The van der Waals surface area contributed by atoms with Crippen molar-refractivity contribution >= 4 is 0 Å². The molecule has 1 N–H and O–H groups in total. The molecule has 0 radical (unpaired) electrons. The van der Waals surface area contributed by atoms with Crippen molar-refractivity contribution in [3.63, 3.8) is 0 Å². The van der Waals surface area contributed by atoms with E-state index in [1.165, 1.54) is 64.2 Å². The topological polar surface area (TPSA) is 12.0 Å². The van der Waals surface area contributed by atoms with Crippen molar-refractivity contribution in [3.05, 3.63) is 0 Å². The molecule has 0 saturated carbocycles. The third-order valence-corrected chi connectivity index (χ3v) is 4.17. The van der Waals surface area contributed by atoms with Crippen LogP contribution in [0, 0.1) is 5.92 Å². The Morgan fingerprint density at radius 1 is 0.778 bits per heavy atom. The highest BCUT2D eigenvalue weighted by atomic mass is 14.9. The van der Waals surface area contributed by atoms with Crippen LogP contribution in [-0.4, -0.2) is 12.6 Å². The van der Waals surface area contributed by atoms with Crippen LogP contribution in [0.1, 0.15) is 91.9 Å². The predicted molar refractivity (Wildman–Crippen MR) is 84.1 cm³/mol. The van der Waals surface area contributed by atoms with Gasteiger partial charge in [-0.2, -0.15) is 0 Å². The average molecular weight is 255 g/mol. The summed E-state index contributed by atoms with van der Waals surface area (Å²) in [6.07, 6.45) is 14.0. The van der Waals surface area contributed by atoms with Crippen molar-refractivity contribution < 1.29 is 0 Å². The Bertz CT molecular complexity index is 152. The molecule has 0 amide bonds. The van der Waals surface area contributed by atoms with Gasteiger partial charge in [0.1, 0.15) is 0 Å². The van der Waals surface area contributed by atoms with E-state index in [-0.39, 0.29) is 0 Å². The molecular formula is C17H37N. The Morgan fingerprint density at radius 2 is 1.39 bits per heavy atom. The predicted octanol–water partition coefficient (Wildman–Crippen LogP) is 5.54. The van der Waals surface area contributed by atoms with Gasteiger partial charge < -0.3 is 5.32 Å². The maximum Gasteiger partial charge on any atom is 0.00695 e. The average Bonchev–Trinajstić information content (AvgIpc) is 2.39. The summed E-state index contributed by atoms with van der Waals surface area (Å²) in [6, 6.07) is 0.770. The van der Waals surface area contributed by atoms with E-state index in [0.29, 0.717) is 0 Å². The van der Waals surface area contributed by atoms with Crippen molar-refractivity contribution in [2.45, 2.75) is 97.9 Å². The Hall–Kier alpha value is -0.0400. The lowest BCUT2D eigenvalue weighted by Crippen LogP contribution is -2.30.